The molecule has 0 unspecified atom stereocenters. The zero-order valence-corrected chi connectivity index (χ0v) is 19.0. The molecule has 0 saturated carbocycles. The molecule has 0 amide bonds. The zero-order valence-electron chi connectivity index (χ0n) is 17.5. The standard InChI is InChI=1S/C23H24Cl2N4O2/c1-13(30)16-12-26-20-4-3-19(15-9-17(24)23(31)18(25)10-15)28-22(20)21(16)27-11-14-5-7-29(2)8-6-14/h3-4,9-10,12,14,31H,5-8,11H2,1-2H3,(H,26,27). The van der Waals surface area contributed by atoms with Crippen LogP contribution in [-0.2, 0) is 0 Å². The minimum absolute atomic E-state index is 0.0665. The zero-order chi connectivity index (χ0) is 22.1. The third-order valence-electron chi connectivity index (χ3n) is 5.81. The van der Waals surface area contributed by atoms with Gasteiger partial charge in [-0.25, -0.2) is 4.98 Å². The van der Waals surface area contributed by atoms with Gasteiger partial charge in [0.25, 0.3) is 0 Å². The number of Topliss-reactive ketones (excluding diaryl/α,β-unsaturated/α-hetero) is 1. The summed E-state index contributed by atoms with van der Waals surface area (Å²) in [6.45, 7) is 4.46. The summed E-state index contributed by atoms with van der Waals surface area (Å²) in [6, 6.07) is 6.91. The number of ketones is 1. The average molecular weight is 459 g/mol. The number of rotatable bonds is 5. The number of halogens is 2. The van der Waals surface area contributed by atoms with E-state index in [0.717, 1.165) is 32.5 Å². The SMILES string of the molecule is CC(=O)c1cnc2ccc(-c3cc(Cl)c(O)c(Cl)c3)nc2c1NCC1CCN(C)CC1. The number of nitrogens with one attached hydrogen (secondary N) is 1. The van der Waals surface area contributed by atoms with Crippen LogP contribution in [0, 0.1) is 5.92 Å². The monoisotopic (exact) mass is 458 g/mol. The lowest BCUT2D eigenvalue weighted by Crippen LogP contribution is -2.33. The van der Waals surface area contributed by atoms with Crippen LogP contribution in [0.1, 0.15) is 30.1 Å². The van der Waals surface area contributed by atoms with Crippen molar-refractivity contribution in [2.75, 3.05) is 32.0 Å². The van der Waals surface area contributed by atoms with Crippen molar-refractivity contribution in [3.8, 4) is 17.0 Å². The number of pyridine rings is 2. The van der Waals surface area contributed by atoms with Crippen LogP contribution in [0.2, 0.25) is 10.0 Å². The molecule has 1 aromatic carbocycles. The molecule has 31 heavy (non-hydrogen) atoms. The molecule has 0 spiro atoms. The highest BCUT2D eigenvalue weighted by atomic mass is 35.5. The molecular weight excluding hydrogens is 435 g/mol. The predicted octanol–water partition coefficient (Wildman–Crippen LogP) is 5.27. The molecule has 8 heteroatoms. The van der Waals surface area contributed by atoms with Gasteiger partial charge in [-0.05, 0) is 70.1 Å². The fraction of sp³-hybridized carbons (Fsp3) is 0.348. The van der Waals surface area contributed by atoms with Crippen LogP contribution in [0.25, 0.3) is 22.3 Å². The number of fused-ring (bicyclic) bond motifs is 1. The fourth-order valence-electron chi connectivity index (χ4n) is 3.90. The van der Waals surface area contributed by atoms with E-state index in [1.54, 1.807) is 18.3 Å². The summed E-state index contributed by atoms with van der Waals surface area (Å²) in [7, 11) is 2.14. The molecule has 6 nitrogen and oxygen atoms in total. The molecule has 0 aliphatic carbocycles. The first-order valence-corrected chi connectivity index (χ1v) is 11.0. The Balaban J connectivity index is 1.74. The van der Waals surface area contributed by atoms with Gasteiger partial charge in [-0.3, -0.25) is 9.78 Å². The normalized spacial score (nSPS) is 15.4. The molecule has 1 aliphatic rings. The van der Waals surface area contributed by atoms with Crippen molar-refractivity contribution in [1.82, 2.24) is 14.9 Å². The van der Waals surface area contributed by atoms with Gasteiger partial charge in [-0.2, -0.15) is 0 Å². The van der Waals surface area contributed by atoms with Gasteiger partial charge in [0, 0.05) is 18.3 Å². The molecule has 4 rings (SSSR count). The second-order valence-electron chi connectivity index (χ2n) is 8.08. The summed E-state index contributed by atoms with van der Waals surface area (Å²) in [5, 5.41) is 13.7. The number of aromatic hydroxyl groups is 1. The predicted molar refractivity (Wildman–Crippen MR) is 125 cm³/mol. The second kappa shape index (κ2) is 8.99. The minimum Gasteiger partial charge on any atom is -0.505 e. The van der Waals surface area contributed by atoms with Crippen molar-refractivity contribution in [1.29, 1.82) is 0 Å². The van der Waals surface area contributed by atoms with Gasteiger partial charge in [-0.1, -0.05) is 23.2 Å². The van der Waals surface area contributed by atoms with Crippen molar-refractivity contribution in [2.45, 2.75) is 19.8 Å². The van der Waals surface area contributed by atoms with Gasteiger partial charge < -0.3 is 15.3 Å². The molecule has 2 N–H and O–H groups in total. The Bertz CT molecular complexity index is 1120. The molecule has 3 aromatic rings. The van der Waals surface area contributed by atoms with Gasteiger partial charge in [0.05, 0.1) is 32.5 Å². The second-order valence-corrected chi connectivity index (χ2v) is 8.90. The summed E-state index contributed by atoms with van der Waals surface area (Å²) in [5.74, 6) is 0.314. The van der Waals surface area contributed by atoms with Gasteiger partial charge in [0.15, 0.2) is 11.5 Å². The highest BCUT2D eigenvalue weighted by molar-refractivity contribution is 6.37. The Morgan fingerprint density at radius 2 is 1.90 bits per heavy atom. The lowest BCUT2D eigenvalue weighted by atomic mass is 9.97. The van der Waals surface area contributed by atoms with Crippen LogP contribution in [0.5, 0.6) is 5.75 Å². The average Bonchev–Trinajstić information content (AvgIpc) is 2.76. The van der Waals surface area contributed by atoms with Crippen molar-refractivity contribution in [3.63, 3.8) is 0 Å². The number of phenolic OH excluding ortho intramolecular Hbond substituents is 1. The van der Waals surface area contributed by atoms with E-state index in [2.05, 4.69) is 22.2 Å². The van der Waals surface area contributed by atoms with Crippen molar-refractivity contribution < 1.29 is 9.90 Å². The van der Waals surface area contributed by atoms with E-state index in [4.69, 9.17) is 28.2 Å². The van der Waals surface area contributed by atoms with Gasteiger partial charge in [0.2, 0.25) is 0 Å². The molecular formula is C23H24Cl2N4O2. The van der Waals surface area contributed by atoms with E-state index in [1.807, 2.05) is 12.1 Å². The number of hydrogen-bond acceptors (Lipinski definition) is 6. The summed E-state index contributed by atoms with van der Waals surface area (Å²) in [5.41, 5.74) is 3.83. The smallest absolute Gasteiger partial charge is 0.163 e. The number of hydrogen-bond donors (Lipinski definition) is 2. The first-order valence-electron chi connectivity index (χ1n) is 10.2. The number of phenols is 1. The lowest BCUT2D eigenvalue weighted by Gasteiger charge is -2.29. The van der Waals surface area contributed by atoms with Crippen LogP contribution in [0.3, 0.4) is 0 Å². The highest BCUT2D eigenvalue weighted by Crippen LogP contribution is 2.37. The Hall–Kier alpha value is -2.41. The Morgan fingerprint density at radius 1 is 1.23 bits per heavy atom. The first kappa shape index (κ1) is 21.8. The number of carbonyl (C=O) groups excluding carboxylic acids is 1. The molecule has 0 bridgehead atoms. The van der Waals surface area contributed by atoms with E-state index in [-0.39, 0.29) is 21.6 Å². The number of likely N-dealkylation sites (tertiary alicyclic amines) is 1. The van der Waals surface area contributed by atoms with Crippen molar-refractivity contribution in [3.05, 3.63) is 46.1 Å². The molecule has 1 aliphatic heterocycles. The third kappa shape index (κ3) is 4.61. The molecule has 2 aromatic heterocycles. The van der Waals surface area contributed by atoms with Crippen LogP contribution < -0.4 is 5.32 Å². The summed E-state index contributed by atoms with van der Waals surface area (Å²) in [6.07, 6.45) is 3.84. The van der Waals surface area contributed by atoms with E-state index in [9.17, 15) is 9.90 Å². The van der Waals surface area contributed by atoms with E-state index < -0.39 is 0 Å². The van der Waals surface area contributed by atoms with Crippen molar-refractivity contribution in [2.24, 2.45) is 5.92 Å². The van der Waals surface area contributed by atoms with E-state index in [0.29, 0.717) is 39.5 Å². The molecule has 162 valence electrons. The maximum atomic E-state index is 12.3. The molecule has 0 atom stereocenters. The van der Waals surface area contributed by atoms with E-state index in [1.165, 1.54) is 6.92 Å². The molecule has 0 radical (unpaired) electrons. The summed E-state index contributed by atoms with van der Waals surface area (Å²) < 4.78 is 0. The lowest BCUT2D eigenvalue weighted by molar-refractivity contribution is 0.101. The largest absolute Gasteiger partial charge is 0.505 e. The highest BCUT2D eigenvalue weighted by Gasteiger charge is 2.20. The van der Waals surface area contributed by atoms with Gasteiger partial charge >= 0.3 is 0 Å². The number of anilines is 1. The molecule has 3 heterocycles. The Morgan fingerprint density at radius 3 is 2.55 bits per heavy atom. The molecule has 1 saturated heterocycles. The quantitative estimate of drug-likeness (QED) is 0.507. The number of piperidine rings is 1. The number of nitrogens with zero attached hydrogens (tertiary/aromatic N) is 3. The maximum Gasteiger partial charge on any atom is 0.163 e. The van der Waals surface area contributed by atoms with E-state index >= 15 is 0 Å². The topological polar surface area (TPSA) is 78.3 Å². The third-order valence-corrected chi connectivity index (χ3v) is 6.39. The van der Waals surface area contributed by atoms with Crippen LogP contribution >= 0.6 is 23.2 Å². The maximum absolute atomic E-state index is 12.3. The summed E-state index contributed by atoms with van der Waals surface area (Å²) in [4.78, 5) is 23.9. The van der Waals surface area contributed by atoms with Crippen LogP contribution in [0.4, 0.5) is 5.69 Å². The van der Waals surface area contributed by atoms with Crippen LogP contribution in [-0.4, -0.2) is 52.4 Å². The number of aromatic nitrogens is 2. The summed E-state index contributed by atoms with van der Waals surface area (Å²) >= 11 is 12.2. The minimum atomic E-state index is -0.158. The Labute approximate surface area is 191 Å². The van der Waals surface area contributed by atoms with Crippen molar-refractivity contribution >= 4 is 45.7 Å². The van der Waals surface area contributed by atoms with Gasteiger partial charge in [-0.15, -0.1) is 0 Å². The van der Waals surface area contributed by atoms with Gasteiger partial charge in [0.1, 0.15) is 5.52 Å². The fourth-order valence-corrected chi connectivity index (χ4v) is 4.39. The number of carbonyl (C=O) groups is 1. The van der Waals surface area contributed by atoms with Crippen LogP contribution in [0.15, 0.2) is 30.5 Å². The molecule has 1 fully saturated rings. The number of benzene rings is 1. The Kier molecular flexibility index (Phi) is 6.32. The first-order chi connectivity index (χ1) is 14.8.